The highest BCUT2D eigenvalue weighted by Crippen LogP contribution is 2.41. The van der Waals surface area contributed by atoms with Crippen LogP contribution in [-0.4, -0.2) is 12.3 Å². The zero-order chi connectivity index (χ0) is 27.7. The summed E-state index contributed by atoms with van der Waals surface area (Å²) in [4.78, 5) is 0. The van der Waals surface area contributed by atoms with E-state index in [1.807, 2.05) is 6.92 Å². The Morgan fingerprint density at radius 1 is 0.676 bits per heavy atom. The summed E-state index contributed by atoms with van der Waals surface area (Å²) in [6.07, 6.45) is -10.3. The molecule has 0 fully saturated rings. The molecule has 3 aromatic carbocycles. The van der Waals surface area contributed by atoms with E-state index >= 15 is 0 Å². The summed E-state index contributed by atoms with van der Waals surface area (Å²) < 4.78 is 151. The van der Waals surface area contributed by atoms with Crippen molar-refractivity contribution in [3.05, 3.63) is 89.0 Å². The summed E-state index contributed by atoms with van der Waals surface area (Å²) >= 11 is 0. The summed E-state index contributed by atoms with van der Waals surface area (Å²) in [5.41, 5.74) is -0.302. The Kier molecular flexibility index (Phi) is 7.89. The third-order valence-electron chi connectivity index (χ3n) is 5.08. The number of alkyl halides is 5. The molecule has 37 heavy (non-hydrogen) atoms. The van der Waals surface area contributed by atoms with E-state index in [4.69, 9.17) is 0 Å². The van der Waals surface area contributed by atoms with E-state index in [1.165, 1.54) is 0 Å². The maximum absolute atomic E-state index is 14.8. The summed E-state index contributed by atoms with van der Waals surface area (Å²) in [6.45, 7) is 1.97. The minimum atomic E-state index is -6.17. The van der Waals surface area contributed by atoms with Crippen molar-refractivity contribution < 1.29 is 53.0 Å². The molecule has 198 valence electrons. The molecule has 12 heteroatoms. The van der Waals surface area contributed by atoms with Crippen LogP contribution in [-0.2, 0) is 6.42 Å². The number of allylic oxidation sites excluding steroid dienone is 1. The smallest absolute Gasteiger partial charge is 0.421 e. The molecule has 0 aliphatic heterocycles. The highest BCUT2D eigenvalue weighted by atomic mass is 19.4. The van der Waals surface area contributed by atoms with Crippen LogP contribution in [0.25, 0.3) is 22.3 Å². The Balaban J connectivity index is 1.97. The van der Waals surface area contributed by atoms with Gasteiger partial charge in [-0.05, 0) is 52.9 Å². The Hall–Kier alpha value is -3.57. The largest absolute Gasteiger partial charge is 0.457 e. The molecule has 0 saturated heterocycles. The molecule has 1 nitrogen and oxygen atoms in total. The Morgan fingerprint density at radius 3 is 1.62 bits per heavy atom. The Bertz CT molecular complexity index is 1280. The van der Waals surface area contributed by atoms with Crippen LogP contribution in [0, 0.1) is 23.3 Å². The van der Waals surface area contributed by atoms with Gasteiger partial charge in [0, 0.05) is 0 Å². The molecule has 3 aromatic rings. The van der Waals surface area contributed by atoms with Crippen molar-refractivity contribution in [2.75, 3.05) is 0 Å². The number of hydrogen-bond donors (Lipinski definition) is 0. The number of benzene rings is 3. The first-order valence-corrected chi connectivity index (χ1v) is 10.4. The van der Waals surface area contributed by atoms with Crippen molar-refractivity contribution in [2.45, 2.75) is 32.1 Å². The number of aryl methyl sites for hydroxylation is 1. The molecule has 0 N–H and O–H groups in total. The van der Waals surface area contributed by atoms with Crippen molar-refractivity contribution in [3.8, 4) is 28.0 Å². The van der Waals surface area contributed by atoms with Gasteiger partial charge in [0.15, 0.2) is 17.4 Å². The second-order valence-electron chi connectivity index (χ2n) is 7.78. The molecule has 0 saturated carbocycles. The zero-order valence-electron chi connectivity index (χ0n) is 18.6. The van der Waals surface area contributed by atoms with Gasteiger partial charge in [0.05, 0.1) is 5.56 Å². The first kappa shape index (κ1) is 28.0. The topological polar surface area (TPSA) is 9.23 Å². The maximum Gasteiger partial charge on any atom is 0.457 e. The van der Waals surface area contributed by atoms with Gasteiger partial charge < -0.3 is 4.74 Å². The first-order chi connectivity index (χ1) is 17.2. The van der Waals surface area contributed by atoms with Crippen molar-refractivity contribution >= 4 is 0 Å². The molecule has 0 aliphatic carbocycles. The molecule has 0 bridgehead atoms. The van der Waals surface area contributed by atoms with Crippen LogP contribution in [0.5, 0.6) is 5.75 Å². The molecule has 0 aromatic heterocycles. The quantitative estimate of drug-likeness (QED) is 0.272. The normalized spacial score (nSPS) is 13.0. The van der Waals surface area contributed by atoms with Crippen molar-refractivity contribution in [3.63, 3.8) is 0 Å². The highest BCUT2D eigenvalue weighted by molar-refractivity contribution is 5.72. The van der Waals surface area contributed by atoms with Gasteiger partial charge in [-0.15, -0.1) is 0 Å². The minimum absolute atomic E-state index is 0.0799. The van der Waals surface area contributed by atoms with Gasteiger partial charge in [-0.2, -0.15) is 30.7 Å². The highest BCUT2D eigenvalue weighted by Gasteiger charge is 2.50. The number of rotatable bonds is 7. The predicted molar refractivity (Wildman–Crippen MR) is 112 cm³/mol. The van der Waals surface area contributed by atoms with Crippen LogP contribution in [0.4, 0.5) is 48.3 Å². The number of ether oxygens (including phenoxy) is 1. The monoisotopic (exact) mass is 540 g/mol. The fraction of sp³-hybridized carbons (Fsp3) is 0.200. The van der Waals surface area contributed by atoms with Gasteiger partial charge in [-0.25, -0.2) is 17.6 Å². The zero-order valence-corrected chi connectivity index (χ0v) is 18.6. The standard InChI is InChI=1S/C25H15F11O/c1-2-3-12-4-6-13(7-5-12)14-8-16(26)20(17(27)9-14)15-10-18(28)21(19(29)11-15)37-25(35,36)23(31)22(30)24(32,33)34/h4-11H,2-3H2,1H3/b23-22-. The lowest BCUT2D eigenvalue weighted by Crippen LogP contribution is -2.29. The fourth-order valence-corrected chi connectivity index (χ4v) is 3.40. The molecule has 0 amide bonds. The van der Waals surface area contributed by atoms with Gasteiger partial charge in [0.1, 0.15) is 11.6 Å². The van der Waals surface area contributed by atoms with Crippen molar-refractivity contribution in [2.24, 2.45) is 0 Å². The van der Waals surface area contributed by atoms with E-state index in [9.17, 15) is 48.3 Å². The van der Waals surface area contributed by atoms with Crippen LogP contribution < -0.4 is 4.74 Å². The number of halogens is 11. The van der Waals surface area contributed by atoms with E-state index in [0.29, 0.717) is 5.56 Å². The van der Waals surface area contributed by atoms with E-state index in [1.54, 1.807) is 24.3 Å². The van der Waals surface area contributed by atoms with Crippen LogP contribution in [0.1, 0.15) is 18.9 Å². The average Bonchev–Trinajstić information content (AvgIpc) is 2.80. The lowest BCUT2D eigenvalue weighted by Gasteiger charge is -2.19. The van der Waals surface area contributed by atoms with Gasteiger partial charge in [-0.3, -0.25) is 0 Å². The van der Waals surface area contributed by atoms with E-state index in [-0.39, 0.29) is 17.7 Å². The minimum Gasteiger partial charge on any atom is -0.421 e. The molecule has 3 rings (SSSR count). The van der Waals surface area contributed by atoms with Gasteiger partial charge in [0.25, 0.3) is 5.83 Å². The Morgan fingerprint density at radius 2 is 1.16 bits per heavy atom. The lowest BCUT2D eigenvalue weighted by atomic mass is 9.97. The fourth-order valence-electron chi connectivity index (χ4n) is 3.40. The van der Waals surface area contributed by atoms with Gasteiger partial charge >= 0.3 is 12.3 Å². The summed E-state index contributed by atoms with van der Waals surface area (Å²) in [6, 6.07) is 8.72. The van der Waals surface area contributed by atoms with Crippen molar-refractivity contribution in [1.29, 1.82) is 0 Å². The maximum atomic E-state index is 14.8. The van der Waals surface area contributed by atoms with Gasteiger partial charge in [-0.1, -0.05) is 37.6 Å². The molecule has 0 atom stereocenters. The van der Waals surface area contributed by atoms with E-state index < -0.39 is 64.1 Å². The molecular formula is C25H15F11O. The third kappa shape index (κ3) is 6.05. The number of hydrogen-bond acceptors (Lipinski definition) is 1. The molecule has 0 unspecified atom stereocenters. The van der Waals surface area contributed by atoms with Crippen molar-refractivity contribution in [1.82, 2.24) is 0 Å². The van der Waals surface area contributed by atoms with Crippen LogP contribution in [0.3, 0.4) is 0 Å². The molecule has 0 radical (unpaired) electrons. The molecule has 0 aliphatic rings. The molecular weight excluding hydrogens is 525 g/mol. The van der Waals surface area contributed by atoms with Crippen LogP contribution in [0.2, 0.25) is 0 Å². The average molecular weight is 540 g/mol. The Labute approximate surface area is 202 Å². The van der Waals surface area contributed by atoms with Gasteiger partial charge in [0.2, 0.25) is 5.83 Å². The van der Waals surface area contributed by atoms with E-state index in [0.717, 1.165) is 30.5 Å². The second-order valence-corrected chi connectivity index (χ2v) is 7.78. The molecule has 0 heterocycles. The summed E-state index contributed by atoms with van der Waals surface area (Å²) in [7, 11) is 0. The SMILES string of the molecule is CCCc1ccc(-c2cc(F)c(-c3cc(F)c(OC(F)(F)/C(F)=C(/F)C(F)(F)F)c(F)c3)c(F)c2)cc1. The predicted octanol–water partition coefficient (Wildman–Crippen LogP) is 9.21. The lowest BCUT2D eigenvalue weighted by molar-refractivity contribution is -0.172. The molecule has 0 spiro atoms. The van der Waals surface area contributed by atoms with Crippen LogP contribution >= 0.6 is 0 Å². The summed E-state index contributed by atoms with van der Waals surface area (Å²) in [5, 5.41) is 0. The third-order valence-corrected chi connectivity index (χ3v) is 5.08. The van der Waals surface area contributed by atoms with E-state index in [2.05, 4.69) is 4.74 Å². The first-order valence-electron chi connectivity index (χ1n) is 10.4. The second kappa shape index (κ2) is 10.4. The van der Waals surface area contributed by atoms with Crippen LogP contribution in [0.15, 0.2) is 60.2 Å². The summed E-state index contributed by atoms with van der Waals surface area (Å²) in [5.74, 6) is -16.5.